The Morgan fingerprint density at radius 3 is 2.35 bits per heavy atom. The maximum atomic E-state index is 12.1. The molecule has 0 aliphatic heterocycles. The molecule has 0 saturated carbocycles. The van der Waals surface area contributed by atoms with E-state index >= 15 is 0 Å². The molecule has 3 nitrogen and oxygen atoms in total. The molecule has 0 fully saturated rings. The van der Waals surface area contributed by atoms with E-state index in [2.05, 4.69) is 15.9 Å². The van der Waals surface area contributed by atoms with Crippen molar-refractivity contribution in [2.75, 3.05) is 11.5 Å². The lowest BCUT2D eigenvalue weighted by atomic mass is 10.3. The first-order chi connectivity index (χ1) is 9.49. The predicted octanol–water partition coefficient (Wildman–Crippen LogP) is 3.72. The minimum absolute atomic E-state index is 0.0354. The fourth-order valence-electron chi connectivity index (χ4n) is 1.60. The molecular weight excluding hydrogens is 360 g/mol. The Labute approximate surface area is 131 Å². The van der Waals surface area contributed by atoms with Gasteiger partial charge in [0.1, 0.15) is 5.75 Å². The average molecular weight is 373 g/mol. The van der Waals surface area contributed by atoms with E-state index in [0.29, 0.717) is 15.5 Å². The molecule has 0 saturated heterocycles. The number of halogens is 1. The van der Waals surface area contributed by atoms with Crippen molar-refractivity contribution in [1.29, 1.82) is 0 Å². The van der Waals surface area contributed by atoms with Crippen LogP contribution in [-0.4, -0.2) is 25.0 Å². The monoisotopic (exact) mass is 372 g/mol. The molecule has 1 N–H and O–H groups in total. The lowest BCUT2D eigenvalue weighted by molar-refractivity contribution is 0.462. The summed E-state index contributed by atoms with van der Waals surface area (Å²) >= 11 is 4.61. The zero-order chi connectivity index (χ0) is 14.6. The molecule has 20 heavy (non-hydrogen) atoms. The van der Waals surface area contributed by atoms with Crippen LogP contribution in [0.25, 0.3) is 0 Å². The fraction of sp³-hybridized carbons (Fsp3) is 0.143. The van der Waals surface area contributed by atoms with E-state index < -0.39 is 9.84 Å². The highest BCUT2D eigenvalue weighted by molar-refractivity contribution is 9.10. The summed E-state index contributed by atoms with van der Waals surface area (Å²) in [5.74, 6) is 0.613. The van der Waals surface area contributed by atoms with Crippen molar-refractivity contribution in [3.63, 3.8) is 0 Å². The molecule has 2 rings (SSSR count). The van der Waals surface area contributed by atoms with Crippen LogP contribution in [0.5, 0.6) is 5.75 Å². The fourth-order valence-corrected chi connectivity index (χ4v) is 4.47. The van der Waals surface area contributed by atoms with Crippen molar-refractivity contribution >= 4 is 37.5 Å². The molecule has 2 aromatic rings. The first-order valence-electron chi connectivity index (χ1n) is 5.88. The van der Waals surface area contributed by atoms with Gasteiger partial charge in [0.05, 0.1) is 10.6 Å². The molecule has 0 radical (unpaired) electrons. The Morgan fingerprint density at radius 2 is 1.70 bits per heavy atom. The van der Waals surface area contributed by atoms with Crippen LogP contribution < -0.4 is 0 Å². The van der Waals surface area contributed by atoms with Gasteiger partial charge >= 0.3 is 0 Å². The predicted molar refractivity (Wildman–Crippen MR) is 85.0 cm³/mol. The number of thioether (sulfide) groups is 1. The summed E-state index contributed by atoms with van der Waals surface area (Å²) in [5, 5.41) is 9.61. The number of hydrogen-bond donors (Lipinski definition) is 1. The summed E-state index contributed by atoms with van der Waals surface area (Å²) < 4.78 is 25.1. The van der Waals surface area contributed by atoms with E-state index in [1.807, 2.05) is 6.07 Å². The van der Waals surface area contributed by atoms with Gasteiger partial charge in [-0.25, -0.2) is 8.42 Å². The van der Waals surface area contributed by atoms with Crippen LogP contribution in [0.1, 0.15) is 0 Å². The third-order valence-electron chi connectivity index (χ3n) is 2.65. The standard InChI is InChI=1S/C14H13BrO3S2/c15-11-5-7-12(8-6-11)20(17,18)10-9-19-14-4-2-1-3-13(14)16/h1-8,16H,9-10H2. The van der Waals surface area contributed by atoms with Gasteiger partial charge in [0.2, 0.25) is 0 Å². The van der Waals surface area contributed by atoms with Gasteiger partial charge < -0.3 is 5.11 Å². The second kappa shape index (κ2) is 6.65. The summed E-state index contributed by atoms with van der Waals surface area (Å²) in [6, 6.07) is 13.5. The maximum absolute atomic E-state index is 12.1. The van der Waals surface area contributed by atoms with Gasteiger partial charge in [-0.05, 0) is 36.4 Å². The van der Waals surface area contributed by atoms with Crippen LogP contribution in [0, 0.1) is 0 Å². The molecule has 6 heteroatoms. The van der Waals surface area contributed by atoms with Crippen molar-refractivity contribution in [2.24, 2.45) is 0 Å². The second-order valence-electron chi connectivity index (χ2n) is 4.09. The molecule has 0 atom stereocenters. The van der Waals surface area contributed by atoms with Crippen molar-refractivity contribution in [2.45, 2.75) is 9.79 Å². The highest BCUT2D eigenvalue weighted by Gasteiger charge is 2.14. The molecule has 0 heterocycles. The molecule has 0 aliphatic carbocycles. The normalized spacial score (nSPS) is 11.4. The van der Waals surface area contributed by atoms with E-state index in [4.69, 9.17) is 0 Å². The maximum Gasteiger partial charge on any atom is 0.179 e. The summed E-state index contributed by atoms with van der Waals surface area (Å²) in [7, 11) is -3.28. The van der Waals surface area contributed by atoms with E-state index in [1.54, 1.807) is 42.5 Å². The van der Waals surface area contributed by atoms with Gasteiger partial charge in [-0.1, -0.05) is 28.1 Å². The minimum atomic E-state index is -3.28. The third kappa shape index (κ3) is 4.01. The van der Waals surface area contributed by atoms with Crippen molar-refractivity contribution in [3.05, 3.63) is 53.0 Å². The first kappa shape index (κ1) is 15.4. The summed E-state index contributed by atoms with van der Waals surface area (Å²) in [6.07, 6.45) is 0. The summed E-state index contributed by atoms with van der Waals surface area (Å²) in [5.41, 5.74) is 0. The zero-order valence-electron chi connectivity index (χ0n) is 10.5. The third-order valence-corrected chi connectivity index (χ3v) is 6.23. The SMILES string of the molecule is O=S(=O)(CCSc1ccccc1O)c1ccc(Br)cc1. The Morgan fingerprint density at radius 1 is 1.05 bits per heavy atom. The van der Waals surface area contributed by atoms with Gasteiger partial charge in [0.25, 0.3) is 0 Å². The van der Waals surface area contributed by atoms with Crippen LogP contribution in [0.15, 0.2) is 62.8 Å². The highest BCUT2D eigenvalue weighted by Crippen LogP contribution is 2.28. The molecule has 0 amide bonds. The second-order valence-corrected chi connectivity index (χ2v) is 8.25. The number of rotatable bonds is 5. The Bertz CT molecular complexity index is 682. The lowest BCUT2D eigenvalue weighted by Crippen LogP contribution is -2.08. The van der Waals surface area contributed by atoms with Crippen LogP contribution in [0.4, 0.5) is 0 Å². The lowest BCUT2D eigenvalue weighted by Gasteiger charge is -2.06. The van der Waals surface area contributed by atoms with E-state index in [1.165, 1.54) is 11.8 Å². The minimum Gasteiger partial charge on any atom is -0.507 e. The molecule has 0 aromatic heterocycles. The number of hydrogen-bond acceptors (Lipinski definition) is 4. The van der Waals surface area contributed by atoms with E-state index in [-0.39, 0.29) is 11.5 Å². The Kier molecular flexibility index (Phi) is 5.12. The van der Waals surface area contributed by atoms with Gasteiger partial charge in [0.15, 0.2) is 9.84 Å². The molecule has 106 valence electrons. The number of aromatic hydroxyl groups is 1. The van der Waals surface area contributed by atoms with Crippen molar-refractivity contribution in [3.8, 4) is 5.75 Å². The molecule has 2 aromatic carbocycles. The highest BCUT2D eigenvalue weighted by atomic mass is 79.9. The molecule has 0 bridgehead atoms. The smallest absolute Gasteiger partial charge is 0.179 e. The average Bonchev–Trinajstić information content (AvgIpc) is 2.41. The van der Waals surface area contributed by atoms with Crippen molar-refractivity contribution in [1.82, 2.24) is 0 Å². The Hall–Kier alpha value is -0.980. The van der Waals surface area contributed by atoms with Crippen molar-refractivity contribution < 1.29 is 13.5 Å². The number of phenolic OH excluding ortho intramolecular Hbond substituents is 1. The summed E-state index contributed by atoms with van der Waals surface area (Å²) in [6.45, 7) is 0. The van der Waals surface area contributed by atoms with Crippen LogP contribution in [0.2, 0.25) is 0 Å². The van der Waals surface area contributed by atoms with E-state index in [0.717, 1.165) is 4.47 Å². The first-order valence-corrected chi connectivity index (χ1v) is 9.31. The van der Waals surface area contributed by atoms with Gasteiger partial charge in [-0.3, -0.25) is 0 Å². The molecule has 0 spiro atoms. The van der Waals surface area contributed by atoms with Gasteiger partial charge in [-0.15, -0.1) is 11.8 Å². The summed E-state index contributed by atoms with van der Waals surface area (Å²) in [4.78, 5) is 1.01. The number of benzene rings is 2. The zero-order valence-corrected chi connectivity index (χ0v) is 13.7. The number of sulfone groups is 1. The van der Waals surface area contributed by atoms with Crippen LogP contribution in [-0.2, 0) is 9.84 Å². The Balaban J connectivity index is 2.00. The molecular formula is C14H13BrO3S2. The van der Waals surface area contributed by atoms with Gasteiger partial charge in [-0.2, -0.15) is 0 Å². The van der Waals surface area contributed by atoms with Crippen LogP contribution >= 0.6 is 27.7 Å². The topological polar surface area (TPSA) is 54.4 Å². The largest absolute Gasteiger partial charge is 0.507 e. The van der Waals surface area contributed by atoms with Crippen LogP contribution in [0.3, 0.4) is 0 Å². The van der Waals surface area contributed by atoms with Gasteiger partial charge in [0, 0.05) is 15.1 Å². The number of phenols is 1. The van der Waals surface area contributed by atoms with E-state index in [9.17, 15) is 13.5 Å². The number of para-hydroxylation sites is 1. The molecule has 0 unspecified atom stereocenters. The molecule has 0 aliphatic rings. The quantitative estimate of drug-likeness (QED) is 0.812.